The van der Waals surface area contributed by atoms with E-state index >= 15 is 0 Å². The van der Waals surface area contributed by atoms with Crippen molar-refractivity contribution in [3.63, 3.8) is 0 Å². The molecule has 0 aliphatic carbocycles. The predicted molar refractivity (Wildman–Crippen MR) is 69.8 cm³/mol. The second-order valence-corrected chi connectivity index (χ2v) is 4.17. The van der Waals surface area contributed by atoms with Crippen LogP contribution in [0.15, 0.2) is 12.1 Å². The topological polar surface area (TPSA) is 52.6 Å². The van der Waals surface area contributed by atoms with E-state index in [1.165, 1.54) is 26.4 Å². The maximum atomic E-state index is 11.5. The second-order valence-electron chi connectivity index (χ2n) is 3.01. The molecule has 0 unspecified atom stereocenters. The third kappa shape index (κ3) is 2.77. The van der Waals surface area contributed by atoms with E-state index in [0.29, 0.717) is 9.13 Å². The Morgan fingerprint density at radius 1 is 1.18 bits per heavy atom. The number of esters is 2. The van der Waals surface area contributed by atoms with E-state index in [4.69, 9.17) is 6.42 Å². The minimum Gasteiger partial charge on any atom is -0.465 e. The average Bonchev–Trinajstić information content (AvgIpc) is 2.36. The molecule has 0 heterocycles. The molecule has 1 aromatic rings. The molecule has 88 valence electrons. The van der Waals surface area contributed by atoms with Gasteiger partial charge in [-0.2, -0.15) is 0 Å². The number of ether oxygens (including phenoxy) is 2. The molecule has 0 amide bonds. The molecular weight excluding hydrogens is 335 g/mol. The van der Waals surface area contributed by atoms with Gasteiger partial charge in [0.1, 0.15) is 0 Å². The van der Waals surface area contributed by atoms with Crippen molar-refractivity contribution in [1.29, 1.82) is 0 Å². The SMILES string of the molecule is C#Cc1cc(C(=O)OC)c(C(=O)OC)cc1I. The normalized spacial score (nSPS) is 9.29. The van der Waals surface area contributed by atoms with Crippen molar-refractivity contribution < 1.29 is 19.1 Å². The summed E-state index contributed by atoms with van der Waals surface area (Å²) in [5.74, 6) is 1.20. The molecule has 0 aromatic heterocycles. The number of methoxy groups -OCH3 is 2. The summed E-state index contributed by atoms with van der Waals surface area (Å²) in [6.07, 6.45) is 5.30. The van der Waals surface area contributed by atoms with Gasteiger partial charge < -0.3 is 9.47 Å². The molecule has 17 heavy (non-hydrogen) atoms. The van der Waals surface area contributed by atoms with Crippen LogP contribution in [-0.4, -0.2) is 26.2 Å². The van der Waals surface area contributed by atoms with Crippen LogP contribution < -0.4 is 0 Å². The molecule has 1 rings (SSSR count). The second kappa shape index (κ2) is 5.68. The van der Waals surface area contributed by atoms with Crippen molar-refractivity contribution in [3.8, 4) is 12.3 Å². The Labute approximate surface area is 112 Å². The van der Waals surface area contributed by atoms with E-state index in [-0.39, 0.29) is 11.1 Å². The van der Waals surface area contributed by atoms with Gasteiger partial charge in [-0.25, -0.2) is 9.59 Å². The van der Waals surface area contributed by atoms with Crippen molar-refractivity contribution in [2.75, 3.05) is 14.2 Å². The maximum Gasteiger partial charge on any atom is 0.338 e. The first-order chi connectivity index (χ1) is 8.04. The van der Waals surface area contributed by atoms with Gasteiger partial charge in [0.05, 0.1) is 25.3 Å². The van der Waals surface area contributed by atoms with Gasteiger partial charge in [-0.3, -0.25) is 0 Å². The Bertz CT molecular complexity index is 514. The molecular formula is C12H9IO4. The Hall–Kier alpha value is -1.55. The number of rotatable bonds is 2. The van der Waals surface area contributed by atoms with E-state index < -0.39 is 11.9 Å². The van der Waals surface area contributed by atoms with E-state index in [9.17, 15) is 9.59 Å². The van der Waals surface area contributed by atoms with E-state index in [2.05, 4.69) is 15.4 Å². The standard InChI is InChI=1S/C12H9IO4/c1-4-7-5-8(11(14)16-2)9(6-10(7)13)12(15)17-3/h1,5-6H,2-3H3. The van der Waals surface area contributed by atoms with Crippen molar-refractivity contribution in [3.05, 3.63) is 32.4 Å². The number of carbonyl (C=O) groups is 2. The van der Waals surface area contributed by atoms with Crippen LogP contribution in [0.1, 0.15) is 26.3 Å². The van der Waals surface area contributed by atoms with Crippen LogP contribution in [0.2, 0.25) is 0 Å². The molecule has 0 spiro atoms. The highest BCUT2D eigenvalue weighted by atomic mass is 127. The van der Waals surface area contributed by atoms with Crippen molar-refractivity contribution in [2.45, 2.75) is 0 Å². The molecule has 0 fully saturated rings. The number of hydrogen-bond donors (Lipinski definition) is 0. The van der Waals surface area contributed by atoms with Gasteiger partial charge in [0, 0.05) is 9.13 Å². The zero-order valence-corrected chi connectivity index (χ0v) is 11.4. The zero-order chi connectivity index (χ0) is 13.0. The van der Waals surface area contributed by atoms with Crippen molar-refractivity contribution in [2.24, 2.45) is 0 Å². The molecule has 0 aliphatic rings. The van der Waals surface area contributed by atoms with Gasteiger partial charge in [-0.05, 0) is 34.7 Å². The van der Waals surface area contributed by atoms with Crippen LogP contribution in [-0.2, 0) is 9.47 Å². The van der Waals surface area contributed by atoms with Crippen LogP contribution in [0.4, 0.5) is 0 Å². The predicted octanol–water partition coefficient (Wildman–Crippen LogP) is 1.85. The summed E-state index contributed by atoms with van der Waals surface area (Å²) < 4.78 is 9.88. The molecule has 0 N–H and O–H groups in total. The fourth-order valence-corrected chi connectivity index (χ4v) is 1.86. The Morgan fingerprint density at radius 3 is 2.06 bits per heavy atom. The molecule has 4 nitrogen and oxygen atoms in total. The monoisotopic (exact) mass is 344 g/mol. The van der Waals surface area contributed by atoms with Gasteiger partial charge in [-0.15, -0.1) is 6.42 Å². The highest BCUT2D eigenvalue weighted by molar-refractivity contribution is 14.1. The lowest BCUT2D eigenvalue weighted by Crippen LogP contribution is -2.13. The Kier molecular flexibility index (Phi) is 4.52. The smallest absolute Gasteiger partial charge is 0.338 e. The van der Waals surface area contributed by atoms with E-state index in [1.807, 2.05) is 22.6 Å². The first-order valence-corrected chi connectivity index (χ1v) is 5.59. The molecule has 0 atom stereocenters. The lowest BCUT2D eigenvalue weighted by molar-refractivity contribution is 0.0555. The number of benzene rings is 1. The zero-order valence-electron chi connectivity index (χ0n) is 9.24. The third-order valence-electron chi connectivity index (χ3n) is 2.07. The van der Waals surface area contributed by atoms with Gasteiger partial charge in [0.2, 0.25) is 0 Å². The van der Waals surface area contributed by atoms with Crippen LogP contribution in [0.3, 0.4) is 0 Å². The summed E-state index contributed by atoms with van der Waals surface area (Å²) in [6.45, 7) is 0. The highest BCUT2D eigenvalue weighted by Gasteiger charge is 2.20. The minimum atomic E-state index is -0.627. The molecule has 0 bridgehead atoms. The van der Waals surface area contributed by atoms with Gasteiger partial charge >= 0.3 is 11.9 Å². The Balaban J connectivity index is 3.48. The maximum absolute atomic E-state index is 11.5. The quantitative estimate of drug-likeness (QED) is 0.467. The van der Waals surface area contributed by atoms with Crippen LogP contribution >= 0.6 is 22.6 Å². The fraction of sp³-hybridized carbons (Fsp3) is 0.167. The van der Waals surface area contributed by atoms with E-state index in [1.54, 1.807) is 0 Å². The summed E-state index contributed by atoms with van der Waals surface area (Å²) in [4.78, 5) is 23.1. The number of terminal acetylenes is 1. The molecule has 0 aliphatic heterocycles. The van der Waals surface area contributed by atoms with Crippen LogP contribution in [0.5, 0.6) is 0 Å². The first kappa shape index (κ1) is 13.5. The molecule has 5 heteroatoms. The van der Waals surface area contributed by atoms with E-state index in [0.717, 1.165) is 0 Å². The van der Waals surface area contributed by atoms with Crippen LogP contribution in [0.25, 0.3) is 0 Å². The molecule has 0 saturated carbocycles. The number of halogens is 1. The first-order valence-electron chi connectivity index (χ1n) is 4.52. The van der Waals surface area contributed by atoms with Gasteiger partial charge in [0.25, 0.3) is 0 Å². The molecule has 1 aromatic carbocycles. The van der Waals surface area contributed by atoms with Crippen molar-refractivity contribution >= 4 is 34.5 Å². The molecule has 0 radical (unpaired) electrons. The summed E-state index contributed by atoms with van der Waals surface area (Å²) in [5, 5.41) is 0. The Morgan fingerprint density at radius 2 is 1.65 bits per heavy atom. The lowest BCUT2D eigenvalue weighted by atomic mass is 10.0. The summed E-state index contributed by atoms with van der Waals surface area (Å²) in [7, 11) is 2.47. The summed E-state index contributed by atoms with van der Waals surface area (Å²) in [6, 6.07) is 2.95. The molecule has 0 saturated heterocycles. The summed E-state index contributed by atoms with van der Waals surface area (Å²) in [5.41, 5.74) is 0.772. The average molecular weight is 344 g/mol. The fourth-order valence-electron chi connectivity index (χ4n) is 1.24. The largest absolute Gasteiger partial charge is 0.465 e. The minimum absolute atomic E-state index is 0.104. The lowest BCUT2D eigenvalue weighted by Gasteiger charge is -2.08. The van der Waals surface area contributed by atoms with Crippen LogP contribution in [0, 0.1) is 15.9 Å². The number of hydrogen-bond acceptors (Lipinski definition) is 4. The summed E-state index contributed by atoms with van der Waals surface area (Å²) >= 11 is 1.99. The van der Waals surface area contributed by atoms with Gasteiger partial charge in [-0.1, -0.05) is 5.92 Å². The highest BCUT2D eigenvalue weighted by Crippen LogP contribution is 2.20. The van der Waals surface area contributed by atoms with Crippen molar-refractivity contribution in [1.82, 2.24) is 0 Å². The third-order valence-corrected chi connectivity index (χ3v) is 2.97. The van der Waals surface area contributed by atoms with Gasteiger partial charge in [0.15, 0.2) is 0 Å². The number of carbonyl (C=O) groups excluding carboxylic acids is 2.